The van der Waals surface area contributed by atoms with E-state index >= 15 is 0 Å². The Morgan fingerprint density at radius 3 is 2.28 bits per heavy atom. The van der Waals surface area contributed by atoms with E-state index in [4.69, 9.17) is 14.6 Å². The SMILES string of the molecule is CCOc1c2c(c(OCC)c3ccccc13)C(O)N(c1ccc(CC(=O)O)c(F)c1)C2=O. The van der Waals surface area contributed by atoms with Gasteiger partial charge in [-0.25, -0.2) is 4.39 Å². The molecule has 4 rings (SSSR count). The number of carboxylic acid groups (broad SMARTS) is 1. The minimum atomic E-state index is -1.44. The summed E-state index contributed by atoms with van der Waals surface area (Å²) < 4.78 is 26.2. The lowest BCUT2D eigenvalue weighted by Gasteiger charge is -2.22. The monoisotopic (exact) mass is 439 g/mol. The van der Waals surface area contributed by atoms with Gasteiger partial charge in [0.2, 0.25) is 0 Å². The Labute approximate surface area is 183 Å². The third kappa shape index (κ3) is 3.42. The van der Waals surface area contributed by atoms with Crippen molar-refractivity contribution < 1.29 is 33.7 Å². The maximum absolute atomic E-state index is 14.5. The molecule has 0 aliphatic carbocycles. The van der Waals surface area contributed by atoms with Crippen LogP contribution in [0.15, 0.2) is 42.5 Å². The molecule has 0 fully saturated rings. The van der Waals surface area contributed by atoms with Crippen LogP contribution in [0.25, 0.3) is 10.8 Å². The van der Waals surface area contributed by atoms with Gasteiger partial charge in [0.05, 0.1) is 30.8 Å². The van der Waals surface area contributed by atoms with Crippen LogP contribution in [0, 0.1) is 5.82 Å². The van der Waals surface area contributed by atoms with Crippen molar-refractivity contribution in [2.75, 3.05) is 18.1 Å². The number of nitrogens with zero attached hydrogens (tertiary/aromatic N) is 1. The van der Waals surface area contributed by atoms with E-state index in [9.17, 15) is 19.1 Å². The smallest absolute Gasteiger partial charge is 0.307 e. The number of aliphatic hydroxyl groups is 1. The van der Waals surface area contributed by atoms with Crippen LogP contribution in [0.3, 0.4) is 0 Å². The van der Waals surface area contributed by atoms with E-state index in [1.165, 1.54) is 12.1 Å². The van der Waals surface area contributed by atoms with Crippen molar-refractivity contribution in [3.63, 3.8) is 0 Å². The molecule has 32 heavy (non-hydrogen) atoms. The Morgan fingerprint density at radius 1 is 1.06 bits per heavy atom. The molecule has 0 aromatic heterocycles. The van der Waals surface area contributed by atoms with Crippen molar-refractivity contribution in [1.29, 1.82) is 0 Å². The highest BCUT2D eigenvalue weighted by atomic mass is 19.1. The fraction of sp³-hybridized carbons (Fsp3) is 0.250. The summed E-state index contributed by atoms with van der Waals surface area (Å²) in [6.45, 7) is 4.20. The third-order valence-electron chi connectivity index (χ3n) is 5.33. The first-order valence-electron chi connectivity index (χ1n) is 10.2. The van der Waals surface area contributed by atoms with Crippen LogP contribution in [0.4, 0.5) is 10.1 Å². The summed E-state index contributed by atoms with van der Waals surface area (Å²) in [5, 5.41) is 21.5. The average molecular weight is 439 g/mol. The number of benzene rings is 3. The van der Waals surface area contributed by atoms with Crippen LogP contribution >= 0.6 is 0 Å². The first kappa shape index (κ1) is 21.6. The summed E-state index contributed by atoms with van der Waals surface area (Å²) in [6, 6.07) is 11.0. The summed E-state index contributed by atoms with van der Waals surface area (Å²) in [5.41, 5.74) is 0.500. The third-order valence-corrected chi connectivity index (χ3v) is 5.33. The normalized spacial score (nSPS) is 15.2. The minimum Gasteiger partial charge on any atom is -0.493 e. The van der Waals surface area contributed by atoms with Gasteiger partial charge in [0.1, 0.15) is 17.3 Å². The maximum Gasteiger partial charge on any atom is 0.307 e. The Balaban J connectivity index is 1.91. The summed E-state index contributed by atoms with van der Waals surface area (Å²) in [6.07, 6.45) is -1.93. The summed E-state index contributed by atoms with van der Waals surface area (Å²) >= 11 is 0. The van der Waals surface area contributed by atoms with E-state index in [1.54, 1.807) is 13.8 Å². The molecule has 0 bridgehead atoms. The average Bonchev–Trinajstić information content (AvgIpc) is 3.02. The predicted molar refractivity (Wildman–Crippen MR) is 116 cm³/mol. The van der Waals surface area contributed by atoms with Gasteiger partial charge in [0.25, 0.3) is 5.91 Å². The van der Waals surface area contributed by atoms with Crippen molar-refractivity contribution in [1.82, 2.24) is 0 Å². The second-order valence-corrected chi connectivity index (χ2v) is 7.25. The van der Waals surface area contributed by atoms with Gasteiger partial charge < -0.3 is 19.7 Å². The molecule has 1 heterocycles. The van der Waals surface area contributed by atoms with Crippen molar-refractivity contribution in [3.8, 4) is 11.5 Å². The van der Waals surface area contributed by atoms with E-state index < -0.39 is 30.3 Å². The van der Waals surface area contributed by atoms with Gasteiger partial charge >= 0.3 is 5.97 Å². The second kappa shape index (κ2) is 8.47. The number of halogens is 1. The lowest BCUT2D eigenvalue weighted by atomic mass is 9.98. The lowest BCUT2D eigenvalue weighted by molar-refractivity contribution is -0.136. The number of carbonyl (C=O) groups excluding carboxylic acids is 1. The lowest BCUT2D eigenvalue weighted by Crippen LogP contribution is -2.28. The van der Waals surface area contributed by atoms with Crippen LogP contribution in [0.2, 0.25) is 0 Å². The Bertz CT molecular complexity index is 1220. The molecule has 3 aromatic rings. The van der Waals surface area contributed by atoms with E-state index in [2.05, 4.69) is 0 Å². The van der Waals surface area contributed by atoms with Crippen molar-refractivity contribution in [2.24, 2.45) is 0 Å². The maximum atomic E-state index is 14.5. The van der Waals surface area contributed by atoms with Crippen LogP contribution in [0.1, 0.15) is 41.6 Å². The summed E-state index contributed by atoms with van der Waals surface area (Å²) in [4.78, 5) is 25.5. The molecular formula is C24H22FNO6. The van der Waals surface area contributed by atoms with Gasteiger partial charge in [-0.1, -0.05) is 30.3 Å². The number of aliphatic hydroxyl groups excluding tert-OH is 1. The Kier molecular flexibility index (Phi) is 5.71. The molecule has 3 aromatic carbocycles. The second-order valence-electron chi connectivity index (χ2n) is 7.25. The van der Waals surface area contributed by atoms with Gasteiger partial charge in [-0.15, -0.1) is 0 Å². The van der Waals surface area contributed by atoms with E-state index in [1.807, 2.05) is 24.3 Å². The highest BCUT2D eigenvalue weighted by molar-refractivity contribution is 6.17. The number of rotatable bonds is 7. The fourth-order valence-corrected chi connectivity index (χ4v) is 4.06. The quantitative estimate of drug-likeness (QED) is 0.577. The molecule has 1 amide bonds. The van der Waals surface area contributed by atoms with Crippen molar-refractivity contribution >= 4 is 28.3 Å². The molecule has 7 nitrogen and oxygen atoms in total. The molecule has 1 unspecified atom stereocenters. The molecule has 0 saturated heterocycles. The molecule has 1 aliphatic rings. The Hall–Kier alpha value is -3.65. The van der Waals surface area contributed by atoms with Gasteiger partial charge in [-0.2, -0.15) is 0 Å². The van der Waals surface area contributed by atoms with Crippen molar-refractivity contribution in [3.05, 3.63) is 65.0 Å². The number of carboxylic acids is 1. The van der Waals surface area contributed by atoms with Gasteiger partial charge in [0.15, 0.2) is 6.23 Å². The highest BCUT2D eigenvalue weighted by Crippen LogP contribution is 2.50. The molecule has 0 saturated carbocycles. The Morgan fingerprint density at radius 2 is 1.69 bits per heavy atom. The minimum absolute atomic E-state index is 0.0179. The standard InChI is InChI=1S/C24H22FNO6/c1-3-31-21-15-7-5-6-8-16(15)22(32-4-2)20-19(21)23(29)26(24(20)30)14-10-9-13(11-18(27)28)17(25)12-14/h5-10,12,23,29H,3-4,11H2,1-2H3,(H,27,28). The molecule has 0 radical (unpaired) electrons. The number of aliphatic carboxylic acids is 1. The number of ether oxygens (including phenoxy) is 2. The largest absolute Gasteiger partial charge is 0.493 e. The zero-order chi connectivity index (χ0) is 23.0. The molecule has 1 aliphatic heterocycles. The van der Waals surface area contributed by atoms with Crippen LogP contribution < -0.4 is 14.4 Å². The highest BCUT2D eigenvalue weighted by Gasteiger charge is 2.43. The van der Waals surface area contributed by atoms with Crippen LogP contribution in [-0.2, 0) is 11.2 Å². The predicted octanol–water partition coefficient (Wildman–Crippen LogP) is 4.05. The molecule has 166 valence electrons. The van der Waals surface area contributed by atoms with Gasteiger partial charge in [-0.05, 0) is 31.5 Å². The fourth-order valence-electron chi connectivity index (χ4n) is 4.06. The van der Waals surface area contributed by atoms with E-state index in [-0.39, 0.29) is 22.4 Å². The van der Waals surface area contributed by atoms with Crippen molar-refractivity contribution in [2.45, 2.75) is 26.5 Å². The van der Waals surface area contributed by atoms with Gasteiger partial charge in [0, 0.05) is 16.5 Å². The van der Waals surface area contributed by atoms with E-state index in [0.29, 0.717) is 35.5 Å². The number of hydrogen-bond donors (Lipinski definition) is 2. The zero-order valence-electron chi connectivity index (χ0n) is 17.6. The number of hydrogen-bond acceptors (Lipinski definition) is 5. The number of carbonyl (C=O) groups is 2. The summed E-state index contributed by atoms with van der Waals surface area (Å²) in [5.74, 6) is -1.81. The first-order valence-corrected chi connectivity index (χ1v) is 10.2. The van der Waals surface area contributed by atoms with Crippen LogP contribution in [-0.4, -0.2) is 35.3 Å². The van der Waals surface area contributed by atoms with Gasteiger partial charge in [-0.3, -0.25) is 14.5 Å². The van der Waals surface area contributed by atoms with Crippen LogP contribution in [0.5, 0.6) is 11.5 Å². The molecule has 8 heteroatoms. The first-order chi connectivity index (χ1) is 15.4. The number of fused-ring (bicyclic) bond motifs is 2. The summed E-state index contributed by atoms with van der Waals surface area (Å²) in [7, 11) is 0. The molecule has 1 atom stereocenters. The topological polar surface area (TPSA) is 96.3 Å². The molecular weight excluding hydrogens is 417 g/mol. The zero-order valence-corrected chi connectivity index (χ0v) is 17.6. The molecule has 0 spiro atoms. The number of amides is 1. The van der Waals surface area contributed by atoms with E-state index in [0.717, 1.165) is 11.0 Å². The molecule has 2 N–H and O–H groups in total. The number of anilines is 1.